The van der Waals surface area contributed by atoms with Gasteiger partial charge in [0.05, 0.1) is 12.1 Å². The van der Waals surface area contributed by atoms with Gasteiger partial charge in [-0.1, -0.05) is 0 Å². The SMILES string of the molecule is CNc1cccn([C@H]2CCC[C@@H]2OC)c1=O. The average molecular weight is 222 g/mol. The van der Waals surface area contributed by atoms with Crippen LogP contribution >= 0.6 is 0 Å². The molecule has 1 aliphatic rings. The van der Waals surface area contributed by atoms with Crippen molar-refractivity contribution >= 4 is 5.69 Å². The van der Waals surface area contributed by atoms with Crippen molar-refractivity contribution in [2.24, 2.45) is 0 Å². The predicted octanol–water partition coefficient (Wildman–Crippen LogP) is 1.63. The normalized spacial score (nSPS) is 24.6. The molecule has 1 heterocycles. The maximum absolute atomic E-state index is 12.1. The molecule has 4 heteroatoms. The molecule has 88 valence electrons. The highest BCUT2D eigenvalue weighted by molar-refractivity contribution is 5.39. The van der Waals surface area contributed by atoms with E-state index in [2.05, 4.69) is 5.32 Å². The number of ether oxygens (including phenoxy) is 1. The van der Waals surface area contributed by atoms with E-state index in [1.165, 1.54) is 0 Å². The van der Waals surface area contributed by atoms with E-state index < -0.39 is 0 Å². The highest BCUT2D eigenvalue weighted by Gasteiger charge is 2.29. The van der Waals surface area contributed by atoms with Gasteiger partial charge in [0.15, 0.2) is 0 Å². The number of pyridine rings is 1. The topological polar surface area (TPSA) is 43.3 Å². The van der Waals surface area contributed by atoms with Gasteiger partial charge in [0.2, 0.25) is 0 Å². The summed E-state index contributed by atoms with van der Waals surface area (Å²) < 4.78 is 7.23. The molecule has 0 amide bonds. The number of rotatable bonds is 3. The number of hydrogen-bond acceptors (Lipinski definition) is 3. The number of nitrogens with zero attached hydrogens (tertiary/aromatic N) is 1. The Bertz CT molecular complexity index is 414. The van der Waals surface area contributed by atoms with Gasteiger partial charge in [0, 0.05) is 20.4 Å². The Morgan fingerprint density at radius 2 is 2.31 bits per heavy atom. The van der Waals surface area contributed by atoms with E-state index in [0.717, 1.165) is 19.3 Å². The summed E-state index contributed by atoms with van der Waals surface area (Å²) in [6, 6.07) is 3.89. The second-order valence-corrected chi connectivity index (χ2v) is 4.16. The van der Waals surface area contributed by atoms with Crippen molar-refractivity contribution in [2.45, 2.75) is 31.4 Å². The van der Waals surface area contributed by atoms with Gasteiger partial charge in [0.25, 0.3) is 5.56 Å². The molecule has 1 aliphatic carbocycles. The molecule has 16 heavy (non-hydrogen) atoms. The van der Waals surface area contributed by atoms with E-state index in [1.807, 2.05) is 12.3 Å². The van der Waals surface area contributed by atoms with E-state index >= 15 is 0 Å². The summed E-state index contributed by atoms with van der Waals surface area (Å²) in [5.41, 5.74) is 0.684. The maximum atomic E-state index is 12.1. The average Bonchev–Trinajstić information content (AvgIpc) is 2.77. The van der Waals surface area contributed by atoms with Crippen LogP contribution in [0.3, 0.4) is 0 Å². The minimum atomic E-state index is 0.0407. The van der Waals surface area contributed by atoms with Crippen LogP contribution < -0.4 is 10.9 Å². The van der Waals surface area contributed by atoms with Gasteiger partial charge >= 0.3 is 0 Å². The Morgan fingerprint density at radius 3 is 3.00 bits per heavy atom. The Morgan fingerprint density at radius 1 is 1.50 bits per heavy atom. The number of methoxy groups -OCH3 is 1. The molecule has 0 bridgehead atoms. The highest BCUT2D eigenvalue weighted by Crippen LogP contribution is 2.31. The van der Waals surface area contributed by atoms with Crippen molar-refractivity contribution in [1.82, 2.24) is 4.57 Å². The lowest BCUT2D eigenvalue weighted by Crippen LogP contribution is -2.30. The van der Waals surface area contributed by atoms with E-state index in [1.54, 1.807) is 24.8 Å². The summed E-state index contributed by atoms with van der Waals surface area (Å²) in [4.78, 5) is 12.1. The molecule has 0 radical (unpaired) electrons. The fourth-order valence-corrected chi connectivity index (χ4v) is 2.46. The van der Waals surface area contributed by atoms with Gasteiger partial charge in [-0.15, -0.1) is 0 Å². The minimum absolute atomic E-state index is 0.0407. The Balaban J connectivity index is 2.36. The first-order chi connectivity index (χ1) is 7.77. The lowest BCUT2D eigenvalue weighted by atomic mass is 10.2. The lowest BCUT2D eigenvalue weighted by Gasteiger charge is -2.21. The molecule has 4 nitrogen and oxygen atoms in total. The van der Waals surface area contributed by atoms with Crippen molar-refractivity contribution in [3.05, 3.63) is 28.7 Å². The number of aromatic nitrogens is 1. The molecular weight excluding hydrogens is 204 g/mol. The third-order valence-electron chi connectivity index (χ3n) is 3.32. The minimum Gasteiger partial charge on any atom is -0.384 e. The molecule has 0 aliphatic heterocycles. The van der Waals surface area contributed by atoms with E-state index in [4.69, 9.17) is 4.74 Å². The largest absolute Gasteiger partial charge is 0.384 e. The molecule has 2 atom stereocenters. The quantitative estimate of drug-likeness (QED) is 0.845. The number of hydrogen-bond donors (Lipinski definition) is 1. The number of anilines is 1. The van der Waals surface area contributed by atoms with Gasteiger partial charge in [-0.05, 0) is 31.4 Å². The van der Waals surface area contributed by atoms with Crippen LogP contribution in [0.25, 0.3) is 0 Å². The van der Waals surface area contributed by atoms with Crippen molar-refractivity contribution < 1.29 is 4.74 Å². The molecule has 1 aromatic rings. The number of nitrogens with one attached hydrogen (secondary N) is 1. The molecule has 1 N–H and O–H groups in total. The molecule has 1 aromatic heterocycles. The summed E-state index contributed by atoms with van der Waals surface area (Å²) in [5.74, 6) is 0. The molecule has 0 aromatic carbocycles. The zero-order chi connectivity index (χ0) is 11.5. The molecule has 0 saturated heterocycles. The molecule has 1 saturated carbocycles. The van der Waals surface area contributed by atoms with Gasteiger partial charge in [0.1, 0.15) is 5.69 Å². The van der Waals surface area contributed by atoms with E-state index in [9.17, 15) is 4.79 Å². The monoisotopic (exact) mass is 222 g/mol. The van der Waals surface area contributed by atoms with E-state index in [0.29, 0.717) is 5.69 Å². The first kappa shape index (κ1) is 11.2. The third-order valence-corrected chi connectivity index (χ3v) is 3.32. The van der Waals surface area contributed by atoms with Crippen LogP contribution in [0.1, 0.15) is 25.3 Å². The standard InChI is InChI=1S/C12H18N2O2/c1-13-9-5-4-8-14(12(9)15)10-6-3-7-11(10)16-2/h4-5,8,10-11,13H,3,6-7H2,1-2H3/t10-,11-/m0/s1. The van der Waals surface area contributed by atoms with Crippen LogP contribution in [-0.4, -0.2) is 24.8 Å². The van der Waals surface area contributed by atoms with Crippen LogP contribution in [0, 0.1) is 0 Å². The lowest BCUT2D eigenvalue weighted by molar-refractivity contribution is 0.0739. The van der Waals surface area contributed by atoms with Crippen LogP contribution in [0.4, 0.5) is 5.69 Å². The second kappa shape index (κ2) is 4.70. The Hall–Kier alpha value is -1.29. The predicted molar refractivity (Wildman–Crippen MR) is 63.9 cm³/mol. The fourth-order valence-electron chi connectivity index (χ4n) is 2.46. The van der Waals surface area contributed by atoms with Crippen LogP contribution in [0.15, 0.2) is 23.1 Å². The zero-order valence-electron chi connectivity index (χ0n) is 9.77. The first-order valence-electron chi connectivity index (χ1n) is 5.69. The van der Waals surface area contributed by atoms with Crippen LogP contribution in [0.5, 0.6) is 0 Å². The molecule has 0 unspecified atom stereocenters. The van der Waals surface area contributed by atoms with Crippen LogP contribution in [0.2, 0.25) is 0 Å². The smallest absolute Gasteiger partial charge is 0.274 e. The zero-order valence-corrected chi connectivity index (χ0v) is 9.77. The third kappa shape index (κ3) is 1.85. The summed E-state index contributed by atoms with van der Waals surface area (Å²) in [5, 5.41) is 2.92. The summed E-state index contributed by atoms with van der Waals surface area (Å²) >= 11 is 0. The summed E-state index contributed by atoms with van der Waals surface area (Å²) in [6.45, 7) is 0. The van der Waals surface area contributed by atoms with Crippen molar-refractivity contribution in [1.29, 1.82) is 0 Å². The second-order valence-electron chi connectivity index (χ2n) is 4.16. The van der Waals surface area contributed by atoms with Gasteiger partial charge in [-0.2, -0.15) is 0 Å². The highest BCUT2D eigenvalue weighted by atomic mass is 16.5. The molecular formula is C12H18N2O2. The molecule has 0 spiro atoms. The first-order valence-corrected chi connectivity index (χ1v) is 5.69. The van der Waals surface area contributed by atoms with Gasteiger partial charge in [-0.3, -0.25) is 4.79 Å². The Kier molecular flexibility index (Phi) is 3.29. The van der Waals surface area contributed by atoms with Crippen molar-refractivity contribution in [3.63, 3.8) is 0 Å². The van der Waals surface area contributed by atoms with Gasteiger partial charge in [-0.25, -0.2) is 0 Å². The van der Waals surface area contributed by atoms with Crippen molar-refractivity contribution in [2.75, 3.05) is 19.5 Å². The van der Waals surface area contributed by atoms with E-state index in [-0.39, 0.29) is 17.7 Å². The van der Waals surface area contributed by atoms with Crippen molar-refractivity contribution in [3.8, 4) is 0 Å². The Labute approximate surface area is 95.2 Å². The molecule has 1 fully saturated rings. The summed E-state index contributed by atoms with van der Waals surface area (Å²) in [6.07, 6.45) is 5.21. The maximum Gasteiger partial charge on any atom is 0.274 e. The molecule has 2 rings (SSSR count). The van der Waals surface area contributed by atoms with Gasteiger partial charge < -0.3 is 14.6 Å². The fraction of sp³-hybridized carbons (Fsp3) is 0.583. The van der Waals surface area contributed by atoms with Crippen LogP contribution in [-0.2, 0) is 4.74 Å². The summed E-state index contributed by atoms with van der Waals surface area (Å²) in [7, 11) is 3.49.